The van der Waals surface area contributed by atoms with Crippen LogP contribution in [0.5, 0.6) is 5.75 Å². The van der Waals surface area contributed by atoms with E-state index in [1.54, 1.807) is 12.1 Å². The Morgan fingerprint density at radius 1 is 1.36 bits per heavy atom. The predicted molar refractivity (Wildman–Crippen MR) is 104 cm³/mol. The molecule has 1 atom stereocenters. The van der Waals surface area contributed by atoms with Crippen molar-refractivity contribution in [3.8, 4) is 17.0 Å². The molecule has 0 radical (unpaired) electrons. The number of carbonyl (C=O) groups excluding carboxylic acids is 1. The number of phenols is 1. The number of carbonyl (C=O) groups is 1. The van der Waals surface area contributed by atoms with E-state index < -0.39 is 11.6 Å². The van der Waals surface area contributed by atoms with Crippen molar-refractivity contribution in [3.05, 3.63) is 41.3 Å². The summed E-state index contributed by atoms with van der Waals surface area (Å²) in [7, 11) is 4.03. The topological polar surface area (TPSA) is 85.3 Å². The summed E-state index contributed by atoms with van der Waals surface area (Å²) in [5.74, 6) is -1.25. The van der Waals surface area contributed by atoms with E-state index in [4.69, 9.17) is 0 Å². The SMILES string of the molecule is Cc1[nH]nc2nc(-c3ccc(O)c(F)c3)cc(C(=O)N3CC[C@@H](N(C)C)C3)c12. The lowest BCUT2D eigenvalue weighted by molar-refractivity contribution is 0.0785. The summed E-state index contributed by atoms with van der Waals surface area (Å²) in [6, 6.07) is 6.06. The third-order valence-electron chi connectivity index (χ3n) is 5.36. The second-order valence-electron chi connectivity index (χ2n) is 7.43. The minimum atomic E-state index is -0.737. The van der Waals surface area contributed by atoms with E-state index >= 15 is 0 Å². The number of pyridine rings is 1. The third kappa shape index (κ3) is 3.09. The number of aryl methyl sites for hydroxylation is 1. The monoisotopic (exact) mass is 383 g/mol. The van der Waals surface area contributed by atoms with Gasteiger partial charge in [0.2, 0.25) is 0 Å². The normalized spacial score (nSPS) is 17.0. The lowest BCUT2D eigenvalue weighted by atomic mass is 10.0. The molecule has 0 aliphatic carbocycles. The van der Waals surface area contributed by atoms with Crippen LogP contribution in [0, 0.1) is 12.7 Å². The van der Waals surface area contributed by atoms with Crippen LogP contribution in [0.1, 0.15) is 22.5 Å². The maximum atomic E-state index is 13.8. The molecular formula is C20H22FN5O2. The Balaban J connectivity index is 1.79. The van der Waals surface area contributed by atoms with E-state index in [0.717, 1.165) is 12.1 Å². The zero-order valence-corrected chi connectivity index (χ0v) is 16.0. The highest BCUT2D eigenvalue weighted by atomic mass is 19.1. The largest absolute Gasteiger partial charge is 0.505 e. The van der Waals surface area contributed by atoms with Crippen LogP contribution >= 0.6 is 0 Å². The first kappa shape index (κ1) is 18.4. The molecule has 7 nitrogen and oxygen atoms in total. The van der Waals surface area contributed by atoms with Crippen molar-refractivity contribution < 1.29 is 14.3 Å². The van der Waals surface area contributed by atoms with Crippen molar-refractivity contribution >= 4 is 16.9 Å². The van der Waals surface area contributed by atoms with Gasteiger partial charge in [-0.1, -0.05) is 0 Å². The number of nitrogens with zero attached hydrogens (tertiary/aromatic N) is 4. The number of aromatic hydroxyl groups is 1. The van der Waals surface area contributed by atoms with Crippen molar-refractivity contribution in [2.45, 2.75) is 19.4 Å². The molecule has 3 heterocycles. The van der Waals surface area contributed by atoms with Crippen molar-refractivity contribution in [2.24, 2.45) is 0 Å². The highest BCUT2D eigenvalue weighted by Gasteiger charge is 2.30. The van der Waals surface area contributed by atoms with Crippen molar-refractivity contribution in [3.63, 3.8) is 0 Å². The minimum absolute atomic E-state index is 0.0817. The van der Waals surface area contributed by atoms with Crippen molar-refractivity contribution in [1.29, 1.82) is 0 Å². The Kier molecular flexibility index (Phi) is 4.50. The molecular weight excluding hydrogens is 361 g/mol. The first-order chi connectivity index (χ1) is 13.3. The smallest absolute Gasteiger partial charge is 0.254 e. The summed E-state index contributed by atoms with van der Waals surface area (Å²) in [5, 5.41) is 17.2. The predicted octanol–water partition coefficient (Wildman–Crippen LogP) is 2.55. The fraction of sp³-hybridized carbons (Fsp3) is 0.350. The molecule has 8 heteroatoms. The molecule has 0 spiro atoms. The molecule has 2 N–H and O–H groups in total. The number of likely N-dealkylation sites (N-methyl/N-ethyl adjacent to an activating group) is 1. The molecule has 1 aromatic carbocycles. The zero-order chi connectivity index (χ0) is 20.0. The Morgan fingerprint density at radius 2 is 2.14 bits per heavy atom. The van der Waals surface area contributed by atoms with Gasteiger partial charge in [0.15, 0.2) is 17.2 Å². The molecule has 1 fully saturated rings. The highest BCUT2D eigenvalue weighted by molar-refractivity contribution is 6.07. The van der Waals surface area contributed by atoms with Gasteiger partial charge in [-0.3, -0.25) is 9.89 Å². The van der Waals surface area contributed by atoms with Crippen LogP contribution < -0.4 is 0 Å². The molecule has 0 bridgehead atoms. The van der Waals surface area contributed by atoms with Crippen molar-refractivity contribution in [2.75, 3.05) is 27.2 Å². The van der Waals surface area contributed by atoms with Gasteiger partial charge in [-0.2, -0.15) is 5.10 Å². The maximum Gasteiger partial charge on any atom is 0.254 e. The van der Waals surface area contributed by atoms with Gasteiger partial charge in [-0.15, -0.1) is 0 Å². The number of rotatable bonds is 3. The van der Waals surface area contributed by atoms with Gasteiger partial charge >= 0.3 is 0 Å². The number of hydrogen-bond acceptors (Lipinski definition) is 5. The third-order valence-corrected chi connectivity index (χ3v) is 5.36. The fourth-order valence-corrected chi connectivity index (χ4v) is 3.68. The summed E-state index contributed by atoms with van der Waals surface area (Å²) >= 11 is 0. The molecule has 4 rings (SSSR count). The van der Waals surface area contributed by atoms with Crippen molar-refractivity contribution in [1.82, 2.24) is 25.0 Å². The van der Waals surface area contributed by atoms with Gasteiger partial charge in [0.25, 0.3) is 5.91 Å². The Morgan fingerprint density at radius 3 is 2.82 bits per heavy atom. The summed E-state index contributed by atoms with van der Waals surface area (Å²) < 4.78 is 13.8. The Bertz CT molecular complexity index is 1060. The minimum Gasteiger partial charge on any atom is -0.505 e. The average Bonchev–Trinajstić information content (AvgIpc) is 3.30. The number of halogens is 1. The number of fused-ring (bicyclic) bond motifs is 1. The lowest BCUT2D eigenvalue weighted by Crippen LogP contribution is -2.34. The number of nitrogens with one attached hydrogen (secondary N) is 1. The van der Waals surface area contributed by atoms with Gasteiger partial charge in [0.05, 0.1) is 16.6 Å². The van der Waals surface area contributed by atoms with E-state index in [2.05, 4.69) is 20.1 Å². The van der Waals surface area contributed by atoms with Crippen LogP contribution in [0.2, 0.25) is 0 Å². The molecule has 146 valence electrons. The second kappa shape index (κ2) is 6.87. The molecule has 3 aromatic rings. The van der Waals surface area contributed by atoms with Crippen LogP contribution in [-0.4, -0.2) is 69.2 Å². The molecule has 1 amide bonds. The Labute approximate surface area is 161 Å². The standard InChI is InChI=1S/C20H22FN5O2/c1-11-18-14(20(28)26-7-6-13(10-26)25(2)3)9-16(22-19(18)24-23-11)12-4-5-17(27)15(21)8-12/h4-5,8-9,13,27H,6-7,10H2,1-3H3,(H,22,23,24)/t13-/m1/s1. The summed E-state index contributed by atoms with van der Waals surface area (Å²) in [6.07, 6.45) is 0.924. The number of amides is 1. The maximum absolute atomic E-state index is 13.8. The van der Waals surface area contributed by atoms with Crippen LogP contribution in [0.15, 0.2) is 24.3 Å². The number of aromatic amines is 1. The quantitative estimate of drug-likeness (QED) is 0.726. The van der Waals surface area contributed by atoms with E-state index in [0.29, 0.717) is 47.0 Å². The van der Waals surface area contributed by atoms with E-state index in [1.807, 2.05) is 25.9 Å². The number of hydrogen-bond donors (Lipinski definition) is 2. The van der Waals surface area contributed by atoms with Crippen LogP contribution in [0.4, 0.5) is 4.39 Å². The first-order valence-corrected chi connectivity index (χ1v) is 9.15. The molecule has 1 aliphatic rings. The Hall–Kier alpha value is -3.00. The molecule has 1 aliphatic heterocycles. The number of benzene rings is 1. The van der Waals surface area contributed by atoms with Gasteiger partial charge in [-0.05, 0) is 51.7 Å². The molecule has 2 aromatic heterocycles. The number of H-pyrrole nitrogens is 1. The lowest BCUT2D eigenvalue weighted by Gasteiger charge is -2.21. The van der Waals surface area contributed by atoms with E-state index in [-0.39, 0.29) is 5.91 Å². The zero-order valence-electron chi connectivity index (χ0n) is 16.0. The molecule has 1 saturated heterocycles. The number of phenolic OH excluding ortho intramolecular Hbond substituents is 1. The van der Waals surface area contributed by atoms with Gasteiger partial charge < -0.3 is 14.9 Å². The van der Waals surface area contributed by atoms with Gasteiger partial charge in [-0.25, -0.2) is 9.37 Å². The fourth-order valence-electron chi connectivity index (χ4n) is 3.68. The summed E-state index contributed by atoms with van der Waals surface area (Å²) in [4.78, 5) is 21.8. The van der Waals surface area contributed by atoms with Gasteiger partial charge in [0, 0.05) is 30.4 Å². The molecule has 0 saturated carbocycles. The summed E-state index contributed by atoms with van der Waals surface area (Å²) in [5.41, 5.74) is 2.58. The highest BCUT2D eigenvalue weighted by Crippen LogP contribution is 2.29. The number of aromatic nitrogens is 3. The van der Waals surface area contributed by atoms with Crippen LogP contribution in [0.25, 0.3) is 22.3 Å². The summed E-state index contributed by atoms with van der Waals surface area (Å²) in [6.45, 7) is 3.20. The van der Waals surface area contributed by atoms with Crippen LogP contribution in [-0.2, 0) is 0 Å². The van der Waals surface area contributed by atoms with E-state index in [1.165, 1.54) is 12.1 Å². The molecule has 28 heavy (non-hydrogen) atoms. The van der Waals surface area contributed by atoms with Gasteiger partial charge in [0.1, 0.15) is 0 Å². The number of likely N-dealkylation sites (tertiary alicyclic amines) is 1. The first-order valence-electron chi connectivity index (χ1n) is 9.15. The average molecular weight is 383 g/mol. The van der Waals surface area contributed by atoms with Crippen LogP contribution in [0.3, 0.4) is 0 Å². The molecule has 0 unspecified atom stereocenters. The second-order valence-corrected chi connectivity index (χ2v) is 7.43. The van der Waals surface area contributed by atoms with E-state index in [9.17, 15) is 14.3 Å².